The van der Waals surface area contributed by atoms with Crippen molar-refractivity contribution in [1.29, 1.82) is 0 Å². The first-order valence-corrected chi connectivity index (χ1v) is 33.2. The summed E-state index contributed by atoms with van der Waals surface area (Å²) in [5.41, 5.74) is 0. The Morgan fingerprint density at radius 3 is 1.23 bits per heavy atom. The Kier molecular flexibility index (Phi) is 50.1. The molecule has 0 bridgehead atoms. The van der Waals surface area contributed by atoms with Crippen molar-refractivity contribution < 1.29 is 69.0 Å². The van der Waals surface area contributed by atoms with Gasteiger partial charge >= 0.3 is 5.97 Å². The van der Waals surface area contributed by atoms with Crippen LogP contribution in [0.3, 0.4) is 0 Å². The Hall–Kier alpha value is -2.83. The summed E-state index contributed by atoms with van der Waals surface area (Å²) in [6.45, 7) is 3.57. The van der Waals surface area contributed by atoms with Crippen molar-refractivity contribution in [3.05, 3.63) is 85.1 Å². The predicted molar refractivity (Wildman–Crippen MR) is 335 cm³/mol. The van der Waals surface area contributed by atoms with Crippen molar-refractivity contribution in [3.8, 4) is 0 Å². The van der Waals surface area contributed by atoms with E-state index < -0.39 is 80.7 Å². The minimum atomic E-state index is -1.71. The van der Waals surface area contributed by atoms with Crippen molar-refractivity contribution in [1.82, 2.24) is 0 Å². The molecule has 0 radical (unpaired) electrons. The minimum Gasteiger partial charge on any atom is -0.457 e. The van der Waals surface area contributed by atoms with Crippen LogP contribution < -0.4 is 0 Å². The van der Waals surface area contributed by atoms with E-state index in [2.05, 4.69) is 98.9 Å². The highest BCUT2D eigenvalue weighted by Crippen LogP contribution is 2.27. The van der Waals surface area contributed by atoms with Crippen LogP contribution in [0.25, 0.3) is 0 Å². The largest absolute Gasteiger partial charge is 0.457 e. The van der Waals surface area contributed by atoms with Gasteiger partial charge < -0.3 is 64.2 Å². The van der Waals surface area contributed by atoms with Gasteiger partial charge in [-0.3, -0.25) is 4.79 Å². The molecular formula is C69H120O14. The second-order valence-corrected chi connectivity index (χ2v) is 22.9. The second kappa shape index (κ2) is 54.6. The molecule has 0 aliphatic carbocycles. The van der Waals surface area contributed by atoms with Crippen molar-refractivity contribution in [2.45, 2.75) is 313 Å². The van der Waals surface area contributed by atoms with Crippen LogP contribution in [0, 0.1) is 0 Å². The Balaban J connectivity index is 1.67. The molecule has 0 aromatic rings. The maximum atomic E-state index is 13.1. The Morgan fingerprint density at radius 2 is 0.783 bits per heavy atom. The van der Waals surface area contributed by atoms with E-state index in [1.807, 2.05) is 0 Å². The maximum absolute atomic E-state index is 13.1. The fourth-order valence-electron chi connectivity index (χ4n) is 10.1. The monoisotopic (exact) mass is 1170 g/mol. The molecule has 480 valence electrons. The summed E-state index contributed by atoms with van der Waals surface area (Å²) in [7, 11) is 0. The summed E-state index contributed by atoms with van der Waals surface area (Å²) in [6.07, 6.45) is 56.4. The standard InChI is InChI=1S/C69H120O14/c1-3-5-7-9-11-13-15-17-19-21-23-25-27-28-29-31-33-35-37-39-41-43-45-47-49-51-53-78-55-58(56-79-68-67(77)65(75)63(73)60(83-68)57-80-69-66(76)64(74)62(72)59(54-70)82-69)81-61(71)52-50-48-46-44-42-40-38-36-34-32-30-26-24-22-20-18-16-14-12-10-8-6-4-2/h6,8,12,14-15,17-18,20-21,23-24,26,32,34,58-60,62-70,72-77H,3-5,7,9-11,13,16,19,22,25,27-31,33,35-57H2,1-2H3/b8-6-,14-12-,17-15-,20-18-,23-21-,26-24-,34-32-. The molecule has 0 amide bonds. The van der Waals surface area contributed by atoms with Gasteiger partial charge in [0.05, 0.1) is 26.4 Å². The molecule has 14 heteroatoms. The second-order valence-electron chi connectivity index (χ2n) is 22.9. The van der Waals surface area contributed by atoms with E-state index in [-0.39, 0.29) is 25.6 Å². The van der Waals surface area contributed by atoms with Crippen molar-refractivity contribution in [3.63, 3.8) is 0 Å². The van der Waals surface area contributed by atoms with Gasteiger partial charge in [0.15, 0.2) is 12.6 Å². The molecule has 11 unspecified atom stereocenters. The smallest absolute Gasteiger partial charge is 0.306 e. The highest BCUT2D eigenvalue weighted by Gasteiger charge is 2.47. The topological polar surface area (TPSA) is 214 Å². The average Bonchev–Trinajstić information content (AvgIpc) is 3.49. The van der Waals surface area contributed by atoms with Crippen LogP contribution in [0.4, 0.5) is 0 Å². The van der Waals surface area contributed by atoms with Gasteiger partial charge in [0.1, 0.15) is 54.9 Å². The van der Waals surface area contributed by atoms with Gasteiger partial charge in [-0.25, -0.2) is 0 Å². The molecule has 0 spiro atoms. The molecule has 11 atom stereocenters. The Morgan fingerprint density at radius 1 is 0.410 bits per heavy atom. The summed E-state index contributed by atoms with van der Waals surface area (Å²) >= 11 is 0. The minimum absolute atomic E-state index is 0.0534. The summed E-state index contributed by atoms with van der Waals surface area (Å²) in [4.78, 5) is 13.1. The van der Waals surface area contributed by atoms with Gasteiger partial charge in [0.2, 0.25) is 0 Å². The number of aliphatic hydroxyl groups is 7. The third kappa shape index (κ3) is 40.3. The third-order valence-corrected chi connectivity index (χ3v) is 15.4. The first-order valence-electron chi connectivity index (χ1n) is 33.2. The molecule has 0 saturated carbocycles. The van der Waals surface area contributed by atoms with E-state index in [0.29, 0.717) is 13.0 Å². The first kappa shape index (κ1) is 76.3. The highest BCUT2D eigenvalue weighted by molar-refractivity contribution is 5.69. The number of aliphatic hydroxyl groups excluding tert-OH is 7. The van der Waals surface area contributed by atoms with Crippen LogP contribution in [0.1, 0.15) is 245 Å². The van der Waals surface area contributed by atoms with Crippen molar-refractivity contribution in [2.24, 2.45) is 0 Å². The molecule has 2 fully saturated rings. The number of allylic oxidation sites excluding steroid dienone is 14. The SMILES string of the molecule is CC/C=C\C/C=C\C/C=C\C/C=C\C/C=C\CCCCCCCCCC(=O)OC(COCCCCCCCCCCCCCCCC/C=C\C/C=C\CCCCCCC)COC1OC(COC2OC(CO)C(O)C(O)C2O)C(O)C(O)C1O. The molecule has 83 heavy (non-hydrogen) atoms. The van der Waals surface area contributed by atoms with Crippen LogP contribution in [0.5, 0.6) is 0 Å². The Labute approximate surface area is 503 Å². The zero-order valence-corrected chi connectivity index (χ0v) is 51.9. The van der Waals surface area contributed by atoms with Crippen molar-refractivity contribution in [2.75, 3.05) is 33.0 Å². The van der Waals surface area contributed by atoms with Gasteiger partial charge in [-0.15, -0.1) is 0 Å². The maximum Gasteiger partial charge on any atom is 0.306 e. The zero-order chi connectivity index (χ0) is 60.1. The number of unbranched alkanes of at least 4 members (excludes halogenated alkanes) is 26. The van der Waals surface area contributed by atoms with Gasteiger partial charge in [0, 0.05) is 13.0 Å². The molecule has 0 aromatic heterocycles. The van der Waals surface area contributed by atoms with Crippen molar-refractivity contribution >= 4 is 5.97 Å². The first-order chi connectivity index (χ1) is 40.6. The van der Waals surface area contributed by atoms with Crippen LogP contribution in [-0.2, 0) is 33.2 Å². The molecule has 2 heterocycles. The van der Waals surface area contributed by atoms with E-state index in [9.17, 15) is 40.5 Å². The highest BCUT2D eigenvalue weighted by atomic mass is 16.7. The van der Waals surface area contributed by atoms with E-state index in [1.54, 1.807) is 0 Å². The molecule has 7 N–H and O–H groups in total. The zero-order valence-electron chi connectivity index (χ0n) is 51.9. The van der Waals surface area contributed by atoms with Crippen LogP contribution in [-0.4, -0.2) is 142 Å². The average molecular weight is 1170 g/mol. The summed E-state index contributed by atoms with van der Waals surface area (Å²) < 4.78 is 34.5. The van der Waals surface area contributed by atoms with Gasteiger partial charge in [-0.2, -0.15) is 0 Å². The van der Waals surface area contributed by atoms with E-state index in [0.717, 1.165) is 89.9 Å². The number of carbonyl (C=O) groups excluding carboxylic acids is 1. The number of ether oxygens (including phenoxy) is 6. The third-order valence-electron chi connectivity index (χ3n) is 15.4. The lowest BCUT2D eigenvalue weighted by atomic mass is 9.98. The fourth-order valence-corrected chi connectivity index (χ4v) is 10.1. The molecule has 2 rings (SSSR count). The Bertz CT molecular complexity index is 1690. The fraction of sp³-hybridized carbons (Fsp3) is 0.783. The molecule has 14 nitrogen and oxygen atoms in total. The normalized spacial score (nSPS) is 24.0. The summed E-state index contributed by atoms with van der Waals surface area (Å²) in [6, 6.07) is 0. The lowest BCUT2D eigenvalue weighted by molar-refractivity contribution is -0.332. The van der Waals surface area contributed by atoms with Crippen LogP contribution in [0.15, 0.2) is 85.1 Å². The molecular weight excluding hydrogens is 1050 g/mol. The predicted octanol–water partition coefficient (Wildman–Crippen LogP) is 13.5. The van der Waals surface area contributed by atoms with Gasteiger partial charge in [-0.05, 0) is 89.9 Å². The lowest BCUT2D eigenvalue weighted by Gasteiger charge is -2.42. The lowest BCUT2D eigenvalue weighted by Crippen LogP contribution is -2.61. The van der Waals surface area contributed by atoms with Gasteiger partial charge in [0.25, 0.3) is 0 Å². The van der Waals surface area contributed by atoms with Crippen LogP contribution >= 0.6 is 0 Å². The number of carbonyl (C=O) groups is 1. The van der Waals surface area contributed by atoms with E-state index >= 15 is 0 Å². The van der Waals surface area contributed by atoms with E-state index in [1.165, 1.54) is 128 Å². The van der Waals surface area contributed by atoms with Crippen LogP contribution in [0.2, 0.25) is 0 Å². The van der Waals surface area contributed by atoms with E-state index in [4.69, 9.17) is 28.4 Å². The molecule has 2 saturated heterocycles. The number of rotatable bonds is 54. The summed E-state index contributed by atoms with van der Waals surface area (Å²) in [5, 5.41) is 72.6. The quantitative estimate of drug-likeness (QED) is 0.0171. The van der Waals surface area contributed by atoms with Gasteiger partial charge in [-0.1, -0.05) is 234 Å². The molecule has 0 aromatic carbocycles. The molecule has 2 aliphatic rings. The number of hydrogen-bond donors (Lipinski definition) is 7. The number of hydrogen-bond acceptors (Lipinski definition) is 14. The molecule has 2 aliphatic heterocycles. The number of esters is 1. The summed E-state index contributed by atoms with van der Waals surface area (Å²) in [5.74, 6) is -0.387.